The van der Waals surface area contributed by atoms with Crippen molar-refractivity contribution in [2.24, 2.45) is 0 Å². The van der Waals surface area contributed by atoms with Gasteiger partial charge in [-0.2, -0.15) is 0 Å². The first-order chi connectivity index (χ1) is 16.5. The molecule has 0 bridgehead atoms. The fourth-order valence-electron chi connectivity index (χ4n) is 3.38. The molecule has 5 rings (SSSR count). The highest BCUT2D eigenvalue weighted by atomic mass is 19.2. The maximum Gasteiger partial charge on any atom is 0.418 e. The summed E-state index contributed by atoms with van der Waals surface area (Å²) in [6.07, 6.45) is 7.59. The number of carbonyl (C=O) groups excluding carboxylic acids is 2. The topological polar surface area (TPSA) is 122 Å². The van der Waals surface area contributed by atoms with E-state index in [1.54, 1.807) is 6.20 Å². The Hall–Kier alpha value is -4.22. The molecule has 1 aromatic carbocycles. The first-order valence-corrected chi connectivity index (χ1v) is 10.6. The van der Waals surface area contributed by atoms with Crippen molar-refractivity contribution in [3.05, 3.63) is 59.9 Å². The quantitative estimate of drug-likeness (QED) is 0.564. The molecule has 1 saturated carbocycles. The molecule has 0 unspecified atom stereocenters. The zero-order chi connectivity index (χ0) is 23.7. The molecule has 2 aromatic heterocycles. The van der Waals surface area contributed by atoms with Crippen molar-refractivity contribution < 1.29 is 23.1 Å². The molecule has 10 nitrogen and oxygen atoms in total. The standard InChI is InChI=1S/C22H19F2N7O3/c23-14-4-5-15(17(18(14)24)21(32)31-6-1-7-31)30-22(33)34-20-19(28-13-8-25-11-26-9-13)27-10-16(29-20)12-2-3-12/h4-5,8-12H,1-3,6-7H2,(H,27,28)(H,30,33). The van der Waals surface area contributed by atoms with Crippen LogP contribution in [0.15, 0.2) is 37.1 Å². The van der Waals surface area contributed by atoms with Gasteiger partial charge in [0.25, 0.3) is 11.8 Å². The number of ether oxygens (including phenoxy) is 1. The van der Waals surface area contributed by atoms with E-state index < -0.39 is 29.2 Å². The van der Waals surface area contributed by atoms with E-state index in [4.69, 9.17) is 4.74 Å². The summed E-state index contributed by atoms with van der Waals surface area (Å²) in [7, 11) is 0. The maximum atomic E-state index is 14.5. The first-order valence-electron chi connectivity index (χ1n) is 10.6. The zero-order valence-corrected chi connectivity index (χ0v) is 17.8. The Balaban J connectivity index is 1.40. The molecule has 3 heterocycles. The van der Waals surface area contributed by atoms with Crippen LogP contribution in [0.25, 0.3) is 0 Å². The molecule has 0 spiro atoms. The highest BCUT2D eigenvalue weighted by molar-refractivity contribution is 6.03. The second kappa shape index (κ2) is 8.96. The minimum absolute atomic E-state index is 0.121. The lowest BCUT2D eigenvalue weighted by Crippen LogP contribution is -2.42. The van der Waals surface area contributed by atoms with Gasteiger partial charge in [-0.25, -0.2) is 33.5 Å². The number of aromatic nitrogens is 4. The summed E-state index contributed by atoms with van der Waals surface area (Å²) in [6.45, 7) is 0.862. The highest BCUT2D eigenvalue weighted by Gasteiger charge is 2.30. The van der Waals surface area contributed by atoms with Crippen molar-refractivity contribution in [1.29, 1.82) is 0 Å². The number of hydrogen-bond donors (Lipinski definition) is 2. The summed E-state index contributed by atoms with van der Waals surface area (Å²) >= 11 is 0. The number of likely N-dealkylation sites (tertiary alicyclic amines) is 1. The van der Waals surface area contributed by atoms with Crippen LogP contribution < -0.4 is 15.4 Å². The van der Waals surface area contributed by atoms with E-state index in [0.717, 1.165) is 31.4 Å². The van der Waals surface area contributed by atoms with E-state index in [1.807, 2.05) is 0 Å². The molecule has 2 fully saturated rings. The van der Waals surface area contributed by atoms with Crippen molar-refractivity contribution in [3.63, 3.8) is 0 Å². The molecule has 1 aliphatic heterocycles. The van der Waals surface area contributed by atoms with Crippen LogP contribution in [-0.2, 0) is 0 Å². The normalized spacial score (nSPS) is 14.8. The average molecular weight is 467 g/mol. The van der Waals surface area contributed by atoms with Crippen LogP contribution in [0, 0.1) is 11.6 Å². The number of rotatable bonds is 6. The molecule has 1 aliphatic carbocycles. The van der Waals surface area contributed by atoms with Crippen molar-refractivity contribution in [3.8, 4) is 5.88 Å². The molecule has 0 atom stereocenters. The van der Waals surface area contributed by atoms with Crippen LogP contribution >= 0.6 is 0 Å². The Labute approximate surface area is 192 Å². The van der Waals surface area contributed by atoms with Gasteiger partial charge in [-0.3, -0.25) is 10.1 Å². The Morgan fingerprint density at radius 1 is 1.09 bits per heavy atom. The van der Waals surface area contributed by atoms with E-state index in [9.17, 15) is 18.4 Å². The van der Waals surface area contributed by atoms with E-state index in [-0.39, 0.29) is 23.3 Å². The van der Waals surface area contributed by atoms with Gasteiger partial charge in [0.2, 0.25) is 0 Å². The van der Waals surface area contributed by atoms with Crippen LogP contribution in [0.4, 0.5) is 30.8 Å². The maximum absolute atomic E-state index is 14.5. The van der Waals surface area contributed by atoms with Gasteiger partial charge in [0.1, 0.15) is 11.9 Å². The van der Waals surface area contributed by atoms with Gasteiger partial charge in [-0.05, 0) is 31.4 Å². The molecule has 12 heteroatoms. The van der Waals surface area contributed by atoms with Gasteiger partial charge >= 0.3 is 6.09 Å². The van der Waals surface area contributed by atoms with Gasteiger partial charge in [0.05, 0.1) is 35.7 Å². The molecule has 2 N–H and O–H groups in total. The molecule has 3 aromatic rings. The Morgan fingerprint density at radius 3 is 2.53 bits per heavy atom. The average Bonchev–Trinajstić information content (AvgIpc) is 3.62. The SMILES string of the molecule is O=C(Nc1ccc(F)c(F)c1C(=O)N1CCC1)Oc1nc(C2CC2)cnc1Nc1cncnc1. The minimum atomic E-state index is -1.34. The van der Waals surface area contributed by atoms with Crippen molar-refractivity contribution in [1.82, 2.24) is 24.8 Å². The van der Waals surface area contributed by atoms with Gasteiger partial charge in [0.15, 0.2) is 17.5 Å². The van der Waals surface area contributed by atoms with Crippen molar-refractivity contribution in [2.45, 2.75) is 25.2 Å². The fourth-order valence-corrected chi connectivity index (χ4v) is 3.38. The number of amides is 2. The van der Waals surface area contributed by atoms with Crippen LogP contribution in [0.5, 0.6) is 5.88 Å². The second-order valence-corrected chi connectivity index (χ2v) is 7.92. The number of halogens is 2. The summed E-state index contributed by atoms with van der Waals surface area (Å²) in [6, 6.07) is 1.94. The van der Waals surface area contributed by atoms with Crippen LogP contribution in [0.3, 0.4) is 0 Å². The van der Waals surface area contributed by atoms with Gasteiger partial charge in [-0.15, -0.1) is 0 Å². The Kier molecular flexibility index (Phi) is 5.70. The minimum Gasteiger partial charge on any atom is -0.387 e. The highest BCUT2D eigenvalue weighted by Crippen LogP contribution is 2.40. The summed E-state index contributed by atoms with van der Waals surface area (Å²) in [4.78, 5) is 43.2. The van der Waals surface area contributed by atoms with Crippen LogP contribution in [-0.4, -0.2) is 49.9 Å². The lowest BCUT2D eigenvalue weighted by Gasteiger charge is -2.31. The second-order valence-electron chi connectivity index (χ2n) is 7.92. The fraction of sp³-hybridized carbons (Fsp3) is 0.273. The monoisotopic (exact) mass is 467 g/mol. The van der Waals surface area contributed by atoms with Gasteiger partial charge in [0, 0.05) is 19.0 Å². The number of hydrogen-bond acceptors (Lipinski definition) is 8. The predicted octanol–water partition coefficient (Wildman–Crippen LogP) is 3.62. The number of nitrogens with zero attached hydrogens (tertiary/aromatic N) is 5. The van der Waals surface area contributed by atoms with Crippen LogP contribution in [0.1, 0.15) is 41.2 Å². The van der Waals surface area contributed by atoms with Gasteiger partial charge < -0.3 is 15.0 Å². The van der Waals surface area contributed by atoms with Crippen LogP contribution in [0.2, 0.25) is 0 Å². The molecular formula is C22H19F2N7O3. The summed E-state index contributed by atoms with van der Waals surface area (Å²) in [5.74, 6) is -2.99. The lowest BCUT2D eigenvalue weighted by atomic mass is 10.1. The van der Waals surface area contributed by atoms with E-state index >= 15 is 0 Å². The molecule has 1 saturated heterocycles. The molecule has 34 heavy (non-hydrogen) atoms. The third kappa shape index (κ3) is 4.47. The Morgan fingerprint density at radius 2 is 1.85 bits per heavy atom. The summed E-state index contributed by atoms with van der Waals surface area (Å²) in [5, 5.41) is 5.26. The number of benzene rings is 1. The molecule has 0 radical (unpaired) electrons. The number of anilines is 3. The first kappa shape index (κ1) is 21.6. The third-order valence-corrected chi connectivity index (χ3v) is 5.46. The summed E-state index contributed by atoms with van der Waals surface area (Å²) < 4.78 is 33.7. The van der Waals surface area contributed by atoms with E-state index in [1.165, 1.54) is 23.6 Å². The molecule has 174 valence electrons. The third-order valence-electron chi connectivity index (χ3n) is 5.46. The molecule has 2 aliphatic rings. The smallest absolute Gasteiger partial charge is 0.387 e. The van der Waals surface area contributed by atoms with E-state index in [0.29, 0.717) is 24.5 Å². The van der Waals surface area contributed by atoms with Crippen molar-refractivity contribution >= 4 is 29.2 Å². The van der Waals surface area contributed by atoms with E-state index in [2.05, 4.69) is 30.6 Å². The zero-order valence-electron chi connectivity index (χ0n) is 17.8. The Bertz CT molecular complexity index is 1250. The largest absolute Gasteiger partial charge is 0.418 e. The number of nitrogens with one attached hydrogen (secondary N) is 2. The lowest BCUT2D eigenvalue weighted by molar-refractivity contribution is 0.0647. The molecule has 2 amide bonds. The number of carbonyl (C=O) groups is 2. The summed E-state index contributed by atoms with van der Waals surface area (Å²) in [5.41, 5.74) is 0.385. The molecular weight excluding hydrogens is 448 g/mol. The van der Waals surface area contributed by atoms with Crippen molar-refractivity contribution in [2.75, 3.05) is 23.7 Å². The predicted molar refractivity (Wildman–Crippen MR) is 116 cm³/mol. The van der Waals surface area contributed by atoms with Gasteiger partial charge in [-0.1, -0.05) is 0 Å².